The Morgan fingerprint density at radius 1 is 1.71 bits per heavy atom. The third-order valence-corrected chi connectivity index (χ3v) is 0.502. The van der Waals surface area contributed by atoms with Gasteiger partial charge in [0.25, 0.3) is 0 Å². The molecule has 0 aromatic carbocycles. The van der Waals surface area contributed by atoms with E-state index in [2.05, 4.69) is 22.2 Å². The maximum Gasteiger partial charge on any atom is 0.144 e. The largest absolute Gasteiger partial charge is 0.311 e. The number of hydrogen-bond acceptors (Lipinski definition) is 2. The average molecular weight is 99.1 g/mol. The maximum absolute atomic E-state index is 3.68. The second kappa shape index (κ2) is 3.33. The van der Waals surface area contributed by atoms with Gasteiger partial charge in [0.15, 0.2) is 0 Å². The highest BCUT2D eigenvalue weighted by Crippen LogP contribution is 1.69. The van der Waals surface area contributed by atoms with Crippen LogP contribution in [0.25, 0.3) is 0 Å². The van der Waals surface area contributed by atoms with Crippen molar-refractivity contribution in [3.63, 3.8) is 0 Å². The molecule has 0 atom stereocenters. The molecule has 0 saturated heterocycles. The Morgan fingerprint density at radius 3 is 2.43 bits per heavy atom. The quantitative estimate of drug-likeness (QED) is 0.285. The van der Waals surface area contributed by atoms with Gasteiger partial charge in [-0.3, -0.25) is 0 Å². The van der Waals surface area contributed by atoms with Gasteiger partial charge in [-0.05, 0) is 13.6 Å². The summed E-state index contributed by atoms with van der Waals surface area (Å²) in [6.07, 6.45) is 0. The van der Waals surface area contributed by atoms with E-state index in [0.29, 0.717) is 5.84 Å². The summed E-state index contributed by atoms with van der Waals surface area (Å²) in [6.45, 7) is 5.03. The van der Waals surface area contributed by atoms with Crippen molar-refractivity contribution in [3.8, 4) is 0 Å². The lowest BCUT2D eigenvalue weighted by Gasteiger charge is -1.85. The molecule has 0 spiro atoms. The minimum Gasteiger partial charge on any atom is -0.311 e. The van der Waals surface area contributed by atoms with Crippen molar-refractivity contribution in [2.45, 2.75) is 6.92 Å². The molecule has 0 aliphatic carbocycles. The van der Waals surface area contributed by atoms with Gasteiger partial charge in [-0.25, -0.2) is 4.99 Å². The van der Waals surface area contributed by atoms with Crippen LogP contribution in [-0.2, 0) is 0 Å². The summed E-state index contributed by atoms with van der Waals surface area (Å²) >= 11 is 0. The minimum absolute atomic E-state index is 0.655. The van der Waals surface area contributed by atoms with Gasteiger partial charge in [-0.1, -0.05) is 0 Å². The SMILES string of the molecule is C=N/C(C)=N\NC. The smallest absolute Gasteiger partial charge is 0.144 e. The molecule has 0 fully saturated rings. The van der Waals surface area contributed by atoms with Gasteiger partial charge in [0.05, 0.1) is 0 Å². The number of rotatable bonds is 1. The number of nitrogens with zero attached hydrogens (tertiary/aromatic N) is 2. The second-order valence-electron chi connectivity index (χ2n) is 1.04. The van der Waals surface area contributed by atoms with Gasteiger partial charge in [0.1, 0.15) is 5.84 Å². The minimum atomic E-state index is 0.655. The summed E-state index contributed by atoms with van der Waals surface area (Å²) in [5.41, 5.74) is 2.57. The molecule has 0 heterocycles. The standard InChI is InChI=1S/C4H9N3/c1-4(5-2)7-6-3/h6H,2H2,1,3H3/b7-4-. The lowest BCUT2D eigenvalue weighted by Crippen LogP contribution is -1.97. The summed E-state index contributed by atoms with van der Waals surface area (Å²) in [5.74, 6) is 0.655. The topological polar surface area (TPSA) is 36.8 Å². The lowest BCUT2D eigenvalue weighted by molar-refractivity contribution is 0.896. The zero-order chi connectivity index (χ0) is 5.70. The monoisotopic (exact) mass is 99.1 g/mol. The molecule has 3 heteroatoms. The highest BCUT2D eigenvalue weighted by Gasteiger charge is 1.73. The van der Waals surface area contributed by atoms with Crippen molar-refractivity contribution in [2.24, 2.45) is 10.1 Å². The van der Waals surface area contributed by atoms with E-state index in [1.807, 2.05) is 0 Å². The van der Waals surface area contributed by atoms with Gasteiger partial charge in [-0.2, -0.15) is 5.10 Å². The van der Waals surface area contributed by atoms with Crippen LogP contribution in [0.2, 0.25) is 0 Å². The van der Waals surface area contributed by atoms with E-state index in [-0.39, 0.29) is 0 Å². The van der Waals surface area contributed by atoms with E-state index in [0.717, 1.165) is 0 Å². The molecular weight excluding hydrogens is 90.1 g/mol. The molecule has 7 heavy (non-hydrogen) atoms. The van der Waals surface area contributed by atoms with E-state index < -0.39 is 0 Å². The van der Waals surface area contributed by atoms with Crippen LogP contribution in [0.3, 0.4) is 0 Å². The summed E-state index contributed by atoms with van der Waals surface area (Å²) in [4.78, 5) is 3.52. The fraction of sp³-hybridized carbons (Fsp3) is 0.500. The fourth-order valence-corrected chi connectivity index (χ4v) is 0.197. The number of hydrazone groups is 1. The Morgan fingerprint density at radius 2 is 2.29 bits per heavy atom. The first-order valence-corrected chi connectivity index (χ1v) is 1.99. The predicted molar refractivity (Wildman–Crippen MR) is 31.7 cm³/mol. The molecule has 0 amide bonds. The van der Waals surface area contributed by atoms with Crippen LogP contribution in [0, 0.1) is 0 Å². The van der Waals surface area contributed by atoms with Crippen molar-refractivity contribution in [1.82, 2.24) is 5.43 Å². The molecule has 0 bridgehead atoms. The van der Waals surface area contributed by atoms with Crippen LogP contribution in [0.4, 0.5) is 0 Å². The Bertz CT molecular complexity index is 84.9. The molecule has 0 aliphatic heterocycles. The van der Waals surface area contributed by atoms with Gasteiger partial charge >= 0.3 is 0 Å². The Balaban J connectivity index is 3.49. The van der Waals surface area contributed by atoms with Crippen LogP contribution >= 0.6 is 0 Å². The number of nitrogens with one attached hydrogen (secondary N) is 1. The normalized spacial score (nSPS) is 10.9. The van der Waals surface area contributed by atoms with Crippen LogP contribution in [0.1, 0.15) is 6.92 Å². The lowest BCUT2D eigenvalue weighted by atomic mass is 10.7. The summed E-state index contributed by atoms with van der Waals surface area (Å²) < 4.78 is 0. The number of amidine groups is 1. The van der Waals surface area contributed by atoms with Crippen molar-refractivity contribution in [3.05, 3.63) is 0 Å². The van der Waals surface area contributed by atoms with Crippen LogP contribution in [-0.4, -0.2) is 19.6 Å². The Hall–Kier alpha value is -0.860. The van der Waals surface area contributed by atoms with Crippen LogP contribution in [0.15, 0.2) is 10.1 Å². The third-order valence-electron chi connectivity index (χ3n) is 0.502. The summed E-state index contributed by atoms with van der Waals surface area (Å²) in [7, 11) is 1.72. The molecule has 0 aromatic rings. The number of hydrogen-bond donors (Lipinski definition) is 1. The van der Waals surface area contributed by atoms with Crippen molar-refractivity contribution in [2.75, 3.05) is 7.05 Å². The first-order valence-electron chi connectivity index (χ1n) is 1.99. The fourth-order valence-electron chi connectivity index (χ4n) is 0.197. The third kappa shape index (κ3) is 2.96. The molecule has 0 unspecified atom stereocenters. The molecule has 0 aliphatic rings. The summed E-state index contributed by atoms with van der Waals surface area (Å²) in [6, 6.07) is 0. The van der Waals surface area contributed by atoms with Gasteiger partial charge in [0, 0.05) is 7.05 Å². The highest BCUT2D eigenvalue weighted by atomic mass is 15.3. The number of aliphatic imine (C=N–C) groups is 1. The zero-order valence-electron chi connectivity index (χ0n) is 4.60. The van der Waals surface area contributed by atoms with Gasteiger partial charge < -0.3 is 5.43 Å². The second-order valence-corrected chi connectivity index (χ2v) is 1.04. The van der Waals surface area contributed by atoms with Crippen LogP contribution < -0.4 is 5.43 Å². The Kier molecular flexibility index (Phi) is 2.92. The van der Waals surface area contributed by atoms with E-state index >= 15 is 0 Å². The molecule has 3 nitrogen and oxygen atoms in total. The molecule has 1 N–H and O–H groups in total. The first kappa shape index (κ1) is 6.14. The molecule has 0 aromatic heterocycles. The molecule has 40 valence electrons. The molecule has 0 saturated carbocycles. The molecule has 0 radical (unpaired) electrons. The summed E-state index contributed by atoms with van der Waals surface area (Å²) in [5, 5.41) is 3.68. The van der Waals surface area contributed by atoms with E-state index in [9.17, 15) is 0 Å². The van der Waals surface area contributed by atoms with Crippen molar-refractivity contribution < 1.29 is 0 Å². The van der Waals surface area contributed by atoms with E-state index in [4.69, 9.17) is 0 Å². The van der Waals surface area contributed by atoms with Crippen molar-refractivity contribution in [1.29, 1.82) is 0 Å². The van der Waals surface area contributed by atoms with E-state index in [1.54, 1.807) is 14.0 Å². The highest BCUT2D eigenvalue weighted by molar-refractivity contribution is 5.83. The average Bonchev–Trinajstić information content (AvgIpc) is 1.68. The first-order chi connectivity index (χ1) is 3.31. The Labute approximate surface area is 43.1 Å². The van der Waals surface area contributed by atoms with Gasteiger partial charge in [-0.15, -0.1) is 0 Å². The molecule has 0 rings (SSSR count). The maximum atomic E-state index is 3.68. The molecular formula is C4H9N3. The van der Waals surface area contributed by atoms with E-state index in [1.165, 1.54) is 0 Å². The van der Waals surface area contributed by atoms with Crippen molar-refractivity contribution >= 4 is 12.6 Å². The predicted octanol–water partition coefficient (Wildman–Crippen LogP) is 0.240. The van der Waals surface area contributed by atoms with Crippen LogP contribution in [0.5, 0.6) is 0 Å². The zero-order valence-corrected chi connectivity index (χ0v) is 4.60. The van der Waals surface area contributed by atoms with Gasteiger partial charge in [0.2, 0.25) is 0 Å².